The van der Waals surface area contributed by atoms with Crippen LogP contribution in [0.4, 0.5) is 13.6 Å². The molecule has 6 heteroatoms. The largest absolute Gasteiger partial charge is 0.331 e. The quantitative estimate of drug-likeness (QED) is 0.788. The maximum Gasteiger partial charge on any atom is 0.319 e. The molecule has 0 aromatic heterocycles. The first-order valence-electron chi connectivity index (χ1n) is 8.63. The van der Waals surface area contributed by atoms with Crippen LogP contribution in [0, 0.1) is 17.6 Å². The first kappa shape index (κ1) is 15.8. The Kier molecular flexibility index (Phi) is 3.75. The molecule has 0 aliphatic carbocycles. The fourth-order valence-corrected chi connectivity index (χ4v) is 4.98. The lowest BCUT2D eigenvalue weighted by atomic mass is 9.75. The van der Waals surface area contributed by atoms with Gasteiger partial charge in [-0.2, -0.15) is 0 Å². The van der Waals surface area contributed by atoms with E-state index in [1.54, 1.807) is 19.0 Å². The zero-order chi connectivity index (χ0) is 17.0. The molecule has 24 heavy (non-hydrogen) atoms. The molecule has 0 spiro atoms. The number of amides is 2. The molecule has 0 radical (unpaired) electrons. The van der Waals surface area contributed by atoms with Gasteiger partial charge in [-0.05, 0) is 49.5 Å². The van der Waals surface area contributed by atoms with Crippen LogP contribution in [0.5, 0.6) is 0 Å². The average Bonchev–Trinajstić information content (AvgIpc) is 2.97. The summed E-state index contributed by atoms with van der Waals surface area (Å²) < 4.78 is 27.5. The summed E-state index contributed by atoms with van der Waals surface area (Å²) >= 11 is 0. The Morgan fingerprint density at radius 1 is 1.08 bits per heavy atom. The minimum Gasteiger partial charge on any atom is -0.331 e. The van der Waals surface area contributed by atoms with Crippen LogP contribution in [-0.4, -0.2) is 66.5 Å². The number of fused-ring (bicyclic) bond motifs is 2. The predicted molar refractivity (Wildman–Crippen MR) is 86.8 cm³/mol. The summed E-state index contributed by atoms with van der Waals surface area (Å²) in [6.07, 6.45) is 2.20. The smallest absolute Gasteiger partial charge is 0.319 e. The normalized spacial score (nSPS) is 34.3. The van der Waals surface area contributed by atoms with Gasteiger partial charge in [0.25, 0.3) is 0 Å². The van der Waals surface area contributed by atoms with Gasteiger partial charge in [0.2, 0.25) is 0 Å². The predicted octanol–water partition coefficient (Wildman–Crippen LogP) is 2.51. The monoisotopic (exact) mass is 335 g/mol. The lowest BCUT2D eigenvalue weighted by Crippen LogP contribution is -2.61. The molecule has 2 bridgehead atoms. The van der Waals surface area contributed by atoms with Gasteiger partial charge in [0, 0.05) is 38.7 Å². The summed E-state index contributed by atoms with van der Waals surface area (Å²) in [5.41, 5.74) is 0.670. The van der Waals surface area contributed by atoms with Crippen LogP contribution < -0.4 is 0 Å². The molecule has 3 atom stereocenters. The van der Waals surface area contributed by atoms with E-state index in [4.69, 9.17) is 0 Å². The van der Waals surface area contributed by atoms with E-state index in [-0.39, 0.29) is 24.0 Å². The van der Waals surface area contributed by atoms with Gasteiger partial charge in [-0.25, -0.2) is 13.6 Å². The lowest BCUT2D eigenvalue weighted by Gasteiger charge is -2.51. The Morgan fingerprint density at radius 3 is 2.29 bits per heavy atom. The van der Waals surface area contributed by atoms with Gasteiger partial charge in [0.15, 0.2) is 0 Å². The van der Waals surface area contributed by atoms with E-state index in [0.717, 1.165) is 32.0 Å². The fourth-order valence-electron chi connectivity index (χ4n) is 4.98. The molecule has 4 fully saturated rings. The number of benzene rings is 1. The molecule has 0 unspecified atom stereocenters. The highest BCUT2D eigenvalue weighted by molar-refractivity contribution is 5.75. The van der Waals surface area contributed by atoms with Crippen molar-refractivity contribution in [2.24, 2.45) is 5.92 Å². The van der Waals surface area contributed by atoms with Crippen molar-refractivity contribution in [2.75, 3.05) is 33.7 Å². The van der Waals surface area contributed by atoms with Crippen LogP contribution >= 0.6 is 0 Å². The Labute approximate surface area is 141 Å². The molecule has 4 nitrogen and oxygen atoms in total. The number of carbonyl (C=O) groups excluding carboxylic acids is 1. The average molecular weight is 335 g/mol. The second-order valence-electron chi connectivity index (χ2n) is 7.49. The molecule has 1 aromatic rings. The van der Waals surface area contributed by atoms with Gasteiger partial charge >= 0.3 is 6.03 Å². The standard InChI is InChI=1S/C18H23F2N3O/c1-21(2)18(24)23-10-15(12-7-13(19)9-14(20)8-12)17-16(23)11-3-5-22(17)6-4-11/h7-9,11,15-17H,3-6,10H2,1-2H3/t15-,16+,17+/m1/s1. The third kappa shape index (κ3) is 2.39. The maximum absolute atomic E-state index is 13.7. The van der Waals surface area contributed by atoms with E-state index in [1.807, 2.05) is 4.90 Å². The van der Waals surface area contributed by atoms with Crippen molar-refractivity contribution in [2.45, 2.75) is 30.8 Å². The molecule has 4 saturated heterocycles. The first-order chi connectivity index (χ1) is 11.5. The SMILES string of the molecule is CN(C)C(=O)N1C[C@H](c2cc(F)cc(F)c2)[C@H]2[C@@H]1C1CCN2CC1. The van der Waals surface area contributed by atoms with E-state index in [0.29, 0.717) is 18.0 Å². The number of halogens is 2. The number of hydrogen-bond acceptors (Lipinski definition) is 2. The van der Waals surface area contributed by atoms with Crippen molar-refractivity contribution in [3.63, 3.8) is 0 Å². The summed E-state index contributed by atoms with van der Waals surface area (Å²) in [5, 5.41) is 0. The van der Waals surface area contributed by atoms with Crippen molar-refractivity contribution >= 4 is 6.03 Å². The number of urea groups is 1. The van der Waals surface area contributed by atoms with Crippen LogP contribution in [-0.2, 0) is 0 Å². The lowest BCUT2D eigenvalue weighted by molar-refractivity contribution is 0.000873. The molecule has 0 saturated carbocycles. The molecular weight excluding hydrogens is 312 g/mol. The highest BCUT2D eigenvalue weighted by Gasteiger charge is 2.54. The molecule has 5 rings (SSSR count). The van der Waals surface area contributed by atoms with Crippen LogP contribution in [0.1, 0.15) is 24.3 Å². The van der Waals surface area contributed by atoms with Crippen LogP contribution in [0.2, 0.25) is 0 Å². The maximum atomic E-state index is 13.7. The van der Waals surface area contributed by atoms with Crippen LogP contribution in [0.15, 0.2) is 18.2 Å². The van der Waals surface area contributed by atoms with Crippen molar-refractivity contribution in [3.05, 3.63) is 35.4 Å². The first-order valence-corrected chi connectivity index (χ1v) is 8.63. The zero-order valence-electron chi connectivity index (χ0n) is 14.1. The summed E-state index contributed by atoms with van der Waals surface area (Å²) in [6, 6.07) is 4.08. The summed E-state index contributed by atoms with van der Waals surface area (Å²) in [7, 11) is 3.52. The number of nitrogens with zero attached hydrogens (tertiary/aromatic N) is 3. The van der Waals surface area contributed by atoms with E-state index in [9.17, 15) is 13.6 Å². The number of hydrogen-bond donors (Lipinski definition) is 0. The molecule has 4 aliphatic heterocycles. The third-order valence-electron chi connectivity index (χ3n) is 5.94. The fraction of sp³-hybridized carbons (Fsp3) is 0.611. The van der Waals surface area contributed by atoms with Crippen molar-refractivity contribution in [1.29, 1.82) is 0 Å². The van der Waals surface area contributed by atoms with E-state index >= 15 is 0 Å². The number of likely N-dealkylation sites (tertiary alicyclic amines) is 1. The van der Waals surface area contributed by atoms with Crippen LogP contribution in [0.3, 0.4) is 0 Å². The molecule has 1 aromatic carbocycles. The highest BCUT2D eigenvalue weighted by Crippen LogP contribution is 2.46. The second-order valence-corrected chi connectivity index (χ2v) is 7.49. The Hall–Kier alpha value is -1.69. The summed E-state index contributed by atoms with van der Waals surface area (Å²) in [6.45, 7) is 2.57. The summed E-state index contributed by atoms with van der Waals surface area (Å²) in [4.78, 5) is 18.6. The topological polar surface area (TPSA) is 26.8 Å². The molecule has 4 aliphatic rings. The van der Waals surface area contributed by atoms with Crippen LogP contribution in [0.25, 0.3) is 0 Å². The molecular formula is C18H23F2N3O. The molecule has 130 valence electrons. The third-order valence-corrected chi connectivity index (χ3v) is 5.94. The van der Waals surface area contributed by atoms with Gasteiger partial charge in [-0.1, -0.05) is 0 Å². The van der Waals surface area contributed by atoms with E-state index in [1.165, 1.54) is 12.1 Å². The highest BCUT2D eigenvalue weighted by atomic mass is 19.1. The minimum absolute atomic E-state index is 0.00174. The molecule has 2 amide bonds. The van der Waals surface area contributed by atoms with Gasteiger partial charge in [0.05, 0.1) is 6.04 Å². The Morgan fingerprint density at radius 2 is 1.71 bits per heavy atom. The van der Waals surface area contributed by atoms with Gasteiger partial charge < -0.3 is 9.80 Å². The minimum atomic E-state index is -0.546. The van der Waals surface area contributed by atoms with Gasteiger partial charge in [0.1, 0.15) is 11.6 Å². The molecule has 4 heterocycles. The van der Waals surface area contributed by atoms with Crippen molar-refractivity contribution in [1.82, 2.24) is 14.7 Å². The number of carbonyl (C=O) groups is 1. The van der Waals surface area contributed by atoms with Gasteiger partial charge in [-0.15, -0.1) is 0 Å². The Bertz CT molecular complexity index is 637. The van der Waals surface area contributed by atoms with E-state index in [2.05, 4.69) is 4.90 Å². The molecule has 0 N–H and O–H groups in total. The van der Waals surface area contributed by atoms with Gasteiger partial charge in [-0.3, -0.25) is 4.90 Å². The second kappa shape index (κ2) is 5.69. The zero-order valence-corrected chi connectivity index (χ0v) is 14.1. The Balaban J connectivity index is 1.73. The van der Waals surface area contributed by atoms with E-state index < -0.39 is 11.6 Å². The van der Waals surface area contributed by atoms with Crippen molar-refractivity contribution in [3.8, 4) is 0 Å². The van der Waals surface area contributed by atoms with Crippen molar-refractivity contribution < 1.29 is 13.6 Å². The number of rotatable bonds is 1. The number of piperidine rings is 3. The summed E-state index contributed by atoms with van der Waals surface area (Å²) in [5.74, 6) is -0.635.